The lowest BCUT2D eigenvalue weighted by molar-refractivity contribution is -0.140. The van der Waals surface area contributed by atoms with Gasteiger partial charge in [0.15, 0.2) is 0 Å². The van der Waals surface area contributed by atoms with Gasteiger partial charge in [-0.25, -0.2) is 0 Å². The van der Waals surface area contributed by atoms with Crippen LogP contribution in [0.1, 0.15) is 26.7 Å². The van der Waals surface area contributed by atoms with E-state index in [-0.39, 0.29) is 5.97 Å². The van der Waals surface area contributed by atoms with Crippen LogP contribution in [0.3, 0.4) is 0 Å². The van der Waals surface area contributed by atoms with E-state index in [2.05, 4.69) is 23.9 Å². The molecule has 3 nitrogen and oxygen atoms in total. The largest absolute Gasteiger partial charge is 0.469 e. The Bertz CT molecular complexity index is 153. The molecule has 0 aromatic rings. The number of nitrogens with one attached hydrogen (secondary N) is 1. The van der Waals surface area contributed by atoms with Gasteiger partial charge < -0.3 is 10.1 Å². The second kappa shape index (κ2) is 9.34. The van der Waals surface area contributed by atoms with Crippen molar-refractivity contribution in [3.63, 3.8) is 0 Å². The van der Waals surface area contributed by atoms with E-state index < -0.39 is 0 Å². The first kappa shape index (κ1) is 13.8. The van der Waals surface area contributed by atoms with E-state index in [0.717, 1.165) is 24.5 Å². The highest BCUT2D eigenvalue weighted by atomic mass is 32.2. The molecule has 0 rings (SSSR count). The molecule has 0 aromatic carbocycles. The minimum Gasteiger partial charge on any atom is -0.469 e. The summed E-state index contributed by atoms with van der Waals surface area (Å²) in [5.74, 6) is 2.17. The van der Waals surface area contributed by atoms with Gasteiger partial charge in [0.2, 0.25) is 0 Å². The first-order valence-electron chi connectivity index (χ1n) is 5.08. The molecule has 0 bridgehead atoms. The van der Waals surface area contributed by atoms with Gasteiger partial charge in [-0.3, -0.25) is 4.79 Å². The lowest BCUT2D eigenvalue weighted by atomic mass is 10.3. The molecule has 0 fully saturated rings. The second-order valence-corrected chi connectivity index (χ2v) is 4.51. The van der Waals surface area contributed by atoms with Crippen molar-refractivity contribution in [2.24, 2.45) is 0 Å². The molecule has 0 aliphatic rings. The number of methoxy groups -OCH3 is 1. The third kappa shape index (κ3) is 8.38. The number of hydrogen-bond donors (Lipinski definition) is 1. The van der Waals surface area contributed by atoms with Crippen molar-refractivity contribution in [2.45, 2.75) is 32.7 Å². The van der Waals surface area contributed by atoms with Crippen molar-refractivity contribution in [1.82, 2.24) is 5.32 Å². The first-order chi connectivity index (χ1) is 6.70. The summed E-state index contributed by atoms with van der Waals surface area (Å²) in [5, 5.41) is 3.37. The average molecular weight is 219 g/mol. The van der Waals surface area contributed by atoms with E-state index in [1.165, 1.54) is 7.11 Å². The highest BCUT2D eigenvalue weighted by molar-refractivity contribution is 7.99. The Morgan fingerprint density at radius 2 is 2.29 bits per heavy atom. The van der Waals surface area contributed by atoms with Crippen molar-refractivity contribution < 1.29 is 9.53 Å². The first-order valence-corrected chi connectivity index (χ1v) is 6.24. The molecule has 0 aliphatic heterocycles. The quantitative estimate of drug-likeness (QED) is 0.498. The molecule has 0 saturated heterocycles. The molecule has 1 atom stereocenters. The number of rotatable bonds is 8. The molecular formula is C10H21NO2S. The SMILES string of the molecule is CCSCC(C)NCCCC(=O)OC. The predicted octanol–water partition coefficient (Wildman–Crippen LogP) is 1.67. The van der Waals surface area contributed by atoms with E-state index in [0.29, 0.717) is 12.5 Å². The Morgan fingerprint density at radius 3 is 2.86 bits per heavy atom. The van der Waals surface area contributed by atoms with Crippen molar-refractivity contribution in [1.29, 1.82) is 0 Å². The molecule has 0 amide bonds. The zero-order chi connectivity index (χ0) is 10.8. The number of thioether (sulfide) groups is 1. The van der Waals surface area contributed by atoms with Gasteiger partial charge >= 0.3 is 5.97 Å². The summed E-state index contributed by atoms with van der Waals surface area (Å²) < 4.78 is 4.55. The zero-order valence-electron chi connectivity index (χ0n) is 9.34. The van der Waals surface area contributed by atoms with Crippen molar-refractivity contribution in [2.75, 3.05) is 25.2 Å². The third-order valence-electron chi connectivity index (χ3n) is 1.85. The molecular weight excluding hydrogens is 198 g/mol. The van der Waals surface area contributed by atoms with Crippen LogP contribution in [0.4, 0.5) is 0 Å². The predicted molar refractivity (Wildman–Crippen MR) is 61.7 cm³/mol. The fraction of sp³-hybridized carbons (Fsp3) is 0.900. The topological polar surface area (TPSA) is 38.3 Å². The maximum absolute atomic E-state index is 10.8. The van der Waals surface area contributed by atoms with Crippen LogP contribution < -0.4 is 5.32 Å². The van der Waals surface area contributed by atoms with Gasteiger partial charge in [-0.1, -0.05) is 6.92 Å². The molecule has 4 heteroatoms. The molecule has 84 valence electrons. The van der Waals surface area contributed by atoms with E-state index in [1.807, 2.05) is 11.8 Å². The maximum atomic E-state index is 10.8. The molecule has 0 radical (unpaired) electrons. The second-order valence-electron chi connectivity index (χ2n) is 3.19. The van der Waals surface area contributed by atoms with Crippen molar-refractivity contribution in [3.05, 3.63) is 0 Å². The molecule has 1 unspecified atom stereocenters. The van der Waals surface area contributed by atoms with Gasteiger partial charge in [-0.05, 0) is 25.6 Å². The molecule has 0 aliphatic carbocycles. The summed E-state index contributed by atoms with van der Waals surface area (Å²) in [6.07, 6.45) is 1.37. The zero-order valence-corrected chi connectivity index (χ0v) is 10.2. The number of carbonyl (C=O) groups is 1. The van der Waals surface area contributed by atoms with Gasteiger partial charge in [0, 0.05) is 18.2 Å². The molecule has 0 heterocycles. The summed E-state index contributed by atoms with van der Waals surface area (Å²) in [7, 11) is 1.43. The fourth-order valence-corrected chi connectivity index (χ4v) is 1.74. The maximum Gasteiger partial charge on any atom is 0.305 e. The van der Waals surface area contributed by atoms with Crippen LogP contribution in [0.25, 0.3) is 0 Å². The minimum absolute atomic E-state index is 0.123. The summed E-state index contributed by atoms with van der Waals surface area (Å²) in [6, 6.07) is 0.526. The van der Waals surface area contributed by atoms with Crippen LogP contribution in [0, 0.1) is 0 Å². The van der Waals surface area contributed by atoms with Crippen LogP contribution in [0.2, 0.25) is 0 Å². The lowest BCUT2D eigenvalue weighted by Crippen LogP contribution is -2.29. The van der Waals surface area contributed by atoms with Crippen LogP contribution in [0.15, 0.2) is 0 Å². The van der Waals surface area contributed by atoms with Gasteiger partial charge in [-0.15, -0.1) is 0 Å². The molecule has 0 saturated carbocycles. The van der Waals surface area contributed by atoms with E-state index >= 15 is 0 Å². The van der Waals surface area contributed by atoms with Crippen molar-refractivity contribution in [3.8, 4) is 0 Å². The summed E-state index contributed by atoms with van der Waals surface area (Å²) in [4.78, 5) is 10.8. The summed E-state index contributed by atoms with van der Waals surface area (Å²) in [5.41, 5.74) is 0. The van der Waals surface area contributed by atoms with Gasteiger partial charge in [0.1, 0.15) is 0 Å². The minimum atomic E-state index is -0.123. The molecule has 0 spiro atoms. The Kier molecular flexibility index (Phi) is 9.19. The molecule has 14 heavy (non-hydrogen) atoms. The smallest absolute Gasteiger partial charge is 0.305 e. The van der Waals surface area contributed by atoms with Gasteiger partial charge in [0.05, 0.1) is 7.11 Å². The van der Waals surface area contributed by atoms with Crippen LogP contribution in [-0.4, -0.2) is 37.2 Å². The summed E-state index contributed by atoms with van der Waals surface area (Å²) in [6.45, 7) is 5.22. The van der Waals surface area contributed by atoms with E-state index in [4.69, 9.17) is 0 Å². The highest BCUT2D eigenvalue weighted by Crippen LogP contribution is 2.01. The molecule has 0 aromatic heterocycles. The Morgan fingerprint density at radius 1 is 1.57 bits per heavy atom. The number of carbonyl (C=O) groups excluding carboxylic acids is 1. The Hall–Kier alpha value is -0.220. The standard InChI is InChI=1S/C10H21NO2S/c1-4-14-8-9(2)11-7-5-6-10(12)13-3/h9,11H,4-8H2,1-3H3. The number of ether oxygens (including phenoxy) is 1. The van der Waals surface area contributed by atoms with Gasteiger partial charge in [0.25, 0.3) is 0 Å². The average Bonchev–Trinajstić information content (AvgIpc) is 2.21. The van der Waals surface area contributed by atoms with Crippen LogP contribution in [-0.2, 0) is 9.53 Å². The van der Waals surface area contributed by atoms with E-state index in [9.17, 15) is 4.79 Å². The fourth-order valence-electron chi connectivity index (χ4n) is 1.04. The number of hydrogen-bond acceptors (Lipinski definition) is 4. The van der Waals surface area contributed by atoms with Crippen LogP contribution in [0.5, 0.6) is 0 Å². The van der Waals surface area contributed by atoms with Crippen LogP contribution >= 0.6 is 11.8 Å². The Labute approximate surface area is 91.0 Å². The third-order valence-corrected chi connectivity index (χ3v) is 2.99. The van der Waals surface area contributed by atoms with Crippen molar-refractivity contribution >= 4 is 17.7 Å². The monoisotopic (exact) mass is 219 g/mol. The number of esters is 1. The van der Waals surface area contributed by atoms with E-state index in [1.54, 1.807) is 0 Å². The molecule has 1 N–H and O–H groups in total. The highest BCUT2D eigenvalue weighted by Gasteiger charge is 2.02. The summed E-state index contributed by atoms with van der Waals surface area (Å²) >= 11 is 1.93. The lowest BCUT2D eigenvalue weighted by Gasteiger charge is -2.12. The normalized spacial score (nSPS) is 12.5. The van der Waals surface area contributed by atoms with Gasteiger partial charge in [-0.2, -0.15) is 11.8 Å². The Balaban J connectivity index is 3.22.